The second kappa shape index (κ2) is 8.67. The average Bonchev–Trinajstić information content (AvgIpc) is 3.54. The zero-order valence-corrected chi connectivity index (χ0v) is 18.4. The minimum Gasteiger partial charge on any atom is -0.493 e. The summed E-state index contributed by atoms with van der Waals surface area (Å²) < 4.78 is 5.61. The highest BCUT2D eigenvalue weighted by Gasteiger charge is 2.20. The minimum absolute atomic E-state index is 0.774. The standard InChI is InChI=1S/C26H26N6O/c1-2-4-19(5-3-1)22-15-28-26(29-16-22)32-11-9-31(10-12-32)18-23-17-27-25(30-23)21-6-7-24-20(14-21)8-13-33-24/h1-7,14-17H,8-13,18H2,(H,27,30). The van der Waals surface area contributed by atoms with Gasteiger partial charge in [0.2, 0.25) is 5.95 Å². The van der Waals surface area contributed by atoms with E-state index in [0.29, 0.717) is 0 Å². The predicted octanol–water partition coefficient (Wildman–Crippen LogP) is 3.79. The fourth-order valence-electron chi connectivity index (χ4n) is 4.53. The van der Waals surface area contributed by atoms with Gasteiger partial charge in [-0.05, 0) is 29.3 Å². The lowest BCUT2D eigenvalue weighted by Gasteiger charge is -2.34. The summed E-state index contributed by atoms with van der Waals surface area (Å²) in [5, 5.41) is 0. The Hall–Kier alpha value is -3.71. The summed E-state index contributed by atoms with van der Waals surface area (Å²) in [6.07, 6.45) is 6.76. The van der Waals surface area contributed by atoms with Gasteiger partial charge in [-0.25, -0.2) is 15.0 Å². The minimum atomic E-state index is 0.774. The number of hydrogen-bond donors (Lipinski definition) is 1. The van der Waals surface area contributed by atoms with Crippen molar-refractivity contribution in [3.8, 4) is 28.3 Å². The van der Waals surface area contributed by atoms with Crippen molar-refractivity contribution in [3.05, 3.63) is 78.4 Å². The van der Waals surface area contributed by atoms with Gasteiger partial charge in [0.15, 0.2) is 0 Å². The summed E-state index contributed by atoms with van der Waals surface area (Å²) in [5.74, 6) is 2.73. The number of nitrogens with zero attached hydrogens (tertiary/aromatic N) is 5. The Bertz CT molecular complexity index is 1230. The number of aromatic nitrogens is 4. The first-order chi connectivity index (χ1) is 16.3. The SMILES string of the molecule is c1ccc(-c2cnc(N3CCN(Cc4cnc(-c5ccc6c(c5)CCO6)[nH]4)CC3)nc2)cc1. The Labute approximate surface area is 193 Å². The Morgan fingerprint density at radius 1 is 0.818 bits per heavy atom. The smallest absolute Gasteiger partial charge is 0.225 e. The van der Waals surface area contributed by atoms with Crippen molar-refractivity contribution >= 4 is 5.95 Å². The lowest BCUT2D eigenvalue weighted by molar-refractivity contribution is 0.246. The lowest BCUT2D eigenvalue weighted by atomic mass is 10.1. The Kier molecular flexibility index (Phi) is 5.24. The van der Waals surface area contributed by atoms with Crippen molar-refractivity contribution in [2.75, 3.05) is 37.7 Å². The molecule has 0 aliphatic carbocycles. The van der Waals surface area contributed by atoms with E-state index in [1.54, 1.807) is 0 Å². The van der Waals surface area contributed by atoms with Crippen LogP contribution in [0.3, 0.4) is 0 Å². The van der Waals surface area contributed by atoms with Crippen molar-refractivity contribution in [2.24, 2.45) is 0 Å². The fourth-order valence-corrected chi connectivity index (χ4v) is 4.53. The largest absolute Gasteiger partial charge is 0.493 e. The molecule has 1 N–H and O–H groups in total. The summed E-state index contributed by atoms with van der Waals surface area (Å²) >= 11 is 0. The molecule has 1 saturated heterocycles. The number of imidazole rings is 1. The number of H-pyrrole nitrogens is 1. The first-order valence-corrected chi connectivity index (χ1v) is 11.5. The second-order valence-electron chi connectivity index (χ2n) is 8.58. The molecule has 2 aromatic heterocycles. The molecular formula is C26H26N6O. The number of benzene rings is 2. The molecule has 2 aliphatic rings. The zero-order chi connectivity index (χ0) is 22.0. The van der Waals surface area contributed by atoms with Crippen LogP contribution in [-0.4, -0.2) is 57.6 Å². The number of anilines is 1. The molecule has 7 nitrogen and oxygen atoms in total. The third-order valence-electron chi connectivity index (χ3n) is 6.39. The molecule has 4 aromatic rings. The molecule has 166 valence electrons. The number of ether oxygens (including phenoxy) is 1. The van der Waals surface area contributed by atoms with Crippen LogP contribution < -0.4 is 9.64 Å². The first-order valence-electron chi connectivity index (χ1n) is 11.5. The van der Waals surface area contributed by atoms with Crippen LogP contribution in [0.4, 0.5) is 5.95 Å². The van der Waals surface area contributed by atoms with Gasteiger partial charge in [-0.15, -0.1) is 0 Å². The highest BCUT2D eigenvalue weighted by molar-refractivity contribution is 5.62. The number of rotatable bonds is 5. The van der Waals surface area contributed by atoms with Gasteiger partial charge in [0.05, 0.1) is 6.61 Å². The van der Waals surface area contributed by atoms with E-state index in [9.17, 15) is 0 Å². The molecule has 2 aliphatic heterocycles. The van der Waals surface area contributed by atoms with E-state index >= 15 is 0 Å². The van der Waals surface area contributed by atoms with Crippen molar-refractivity contribution in [1.29, 1.82) is 0 Å². The van der Waals surface area contributed by atoms with E-state index in [2.05, 4.69) is 54.0 Å². The molecule has 6 rings (SSSR count). The summed E-state index contributed by atoms with van der Waals surface area (Å²) in [6.45, 7) is 5.40. The van der Waals surface area contributed by atoms with Crippen molar-refractivity contribution in [3.63, 3.8) is 0 Å². The van der Waals surface area contributed by atoms with Gasteiger partial charge in [0.1, 0.15) is 11.6 Å². The molecule has 0 radical (unpaired) electrons. The van der Waals surface area contributed by atoms with Gasteiger partial charge in [0, 0.05) is 74.6 Å². The lowest BCUT2D eigenvalue weighted by Crippen LogP contribution is -2.46. The molecular weight excluding hydrogens is 412 g/mol. The van der Waals surface area contributed by atoms with Gasteiger partial charge >= 0.3 is 0 Å². The molecule has 1 fully saturated rings. The third-order valence-corrected chi connectivity index (χ3v) is 6.39. The topological polar surface area (TPSA) is 70.2 Å². The van der Waals surface area contributed by atoms with Crippen LogP contribution in [0, 0.1) is 0 Å². The maximum Gasteiger partial charge on any atom is 0.225 e. The maximum absolute atomic E-state index is 5.61. The van der Waals surface area contributed by atoms with Crippen molar-refractivity contribution in [2.45, 2.75) is 13.0 Å². The van der Waals surface area contributed by atoms with E-state index in [4.69, 9.17) is 4.74 Å². The molecule has 7 heteroatoms. The van der Waals surface area contributed by atoms with E-state index in [0.717, 1.165) is 85.7 Å². The quantitative estimate of drug-likeness (QED) is 0.511. The van der Waals surface area contributed by atoms with E-state index in [-0.39, 0.29) is 0 Å². The Morgan fingerprint density at radius 3 is 2.45 bits per heavy atom. The molecule has 0 bridgehead atoms. The number of hydrogen-bond acceptors (Lipinski definition) is 6. The third kappa shape index (κ3) is 4.19. The second-order valence-corrected chi connectivity index (χ2v) is 8.58. The van der Waals surface area contributed by atoms with E-state index < -0.39 is 0 Å². The maximum atomic E-state index is 5.61. The van der Waals surface area contributed by atoms with E-state index in [1.807, 2.05) is 42.9 Å². The van der Waals surface area contributed by atoms with E-state index in [1.165, 1.54) is 5.56 Å². The number of aromatic amines is 1. The monoisotopic (exact) mass is 438 g/mol. The first kappa shape index (κ1) is 19.9. The van der Waals surface area contributed by atoms with Gasteiger partial charge in [0.25, 0.3) is 0 Å². The van der Waals surface area contributed by atoms with Crippen LogP contribution in [0.15, 0.2) is 67.1 Å². The van der Waals surface area contributed by atoms with Crippen LogP contribution in [0.1, 0.15) is 11.3 Å². The molecule has 0 unspecified atom stereocenters. The number of piperazine rings is 1. The van der Waals surface area contributed by atoms with Crippen LogP contribution in [0.5, 0.6) is 5.75 Å². The number of nitrogens with one attached hydrogen (secondary N) is 1. The normalized spacial score (nSPS) is 15.9. The predicted molar refractivity (Wildman–Crippen MR) is 128 cm³/mol. The molecule has 0 spiro atoms. The Morgan fingerprint density at radius 2 is 1.64 bits per heavy atom. The molecule has 0 saturated carbocycles. The summed E-state index contributed by atoms with van der Waals surface area (Å²) in [4.78, 5) is 22.1. The average molecular weight is 439 g/mol. The van der Waals surface area contributed by atoms with Crippen molar-refractivity contribution in [1.82, 2.24) is 24.8 Å². The highest BCUT2D eigenvalue weighted by Crippen LogP contribution is 2.29. The molecule has 0 amide bonds. The summed E-state index contributed by atoms with van der Waals surface area (Å²) in [7, 11) is 0. The van der Waals surface area contributed by atoms with Gasteiger partial charge in [-0.1, -0.05) is 30.3 Å². The highest BCUT2D eigenvalue weighted by atomic mass is 16.5. The number of fused-ring (bicyclic) bond motifs is 1. The molecule has 33 heavy (non-hydrogen) atoms. The summed E-state index contributed by atoms with van der Waals surface area (Å²) in [6, 6.07) is 16.6. The van der Waals surface area contributed by atoms with Gasteiger partial charge in [-0.2, -0.15) is 0 Å². The molecule has 2 aromatic carbocycles. The van der Waals surface area contributed by atoms with Crippen LogP contribution in [-0.2, 0) is 13.0 Å². The molecule has 4 heterocycles. The zero-order valence-electron chi connectivity index (χ0n) is 18.4. The fraction of sp³-hybridized carbons (Fsp3) is 0.269. The summed E-state index contributed by atoms with van der Waals surface area (Å²) in [5.41, 5.74) is 5.70. The van der Waals surface area contributed by atoms with Crippen LogP contribution >= 0.6 is 0 Å². The van der Waals surface area contributed by atoms with Crippen molar-refractivity contribution < 1.29 is 4.74 Å². The van der Waals surface area contributed by atoms with Crippen LogP contribution in [0.25, 0.3) is 22.5 Å². The molecule has 0 atom stereocenters. The van der Waals surface area contributed by atoms with Crippen LogP contribution in [0.2, 0.25) is 0 Å². The Balaban J connectivity index is 1.06. The van der Waals surface area contributed by atoms with Gasteiger partial charge in [-0.3, -0.25) is 4.90 Å². The van der Waals surface area contributed by atoms with Gasteiger partial charge < -0.3 is 14.6 Å².